The summed E-state index contributed by atoms with van der Waals surface area (Å²) in [4.78, 5) is 12.6. The van der Waals surface area contributed by atoms with Crippen molar-refractivity contribution < 1.29 is 54.4 Å². The number of hydrogen-bond acceptors (Lipinski definition) is 15. The van der Waals surface area contributed by atoms with Crippen molar-refractivity contribution in [1.82, 2.24) is 5.32 Å². The SMILES string of the molecule is NCC[C@H](O)C(=O)N[C@@H]1C(O)[C@H](N)C(OC2=CCC[C@@H](CN)O2)C(O)[C@H]1O[C@H]1OC(CO)[C@@H](O)[C@H](N)C1O. The maximum Gasteiger partial charge on any atom is 0.275 e. The smallest absolute Gasteiger partial charge is 0.275 e. The number of carbonyl (C=O) groups is 1. The van der Waals surface area contributed by atoms with Gasteiger partial charge in [0.15, 0.2) is 6.29 Å². The maximum atomic E-state index is 12.6. The first-order valence-electron chi connectivity index (χ1n) is 12.6. The van der Waals surface area contributed by atoms with E-state index in [0.29, 0.717) is 12.8 Å². The summed E-state index contributed by atoms with van der Waals surface area (Å²) in [7, 11) is 0. The highest BCUT2D eigenvalue weighted by molar-refractivity contribution is 5.81. The van der Waals surface area contributed by atoms with Crippen LogP contribution < -0.4 is 28.3 Å². The van der Waals surface area contributed by atoms with E-state index in [9.17, 15) is 35.4 Å². The van der Waals surface area contributed by atoms with Crippen molar-refractivity contribution in [1.29, 1.82) is 0 Å². The molecule has 1 amide bonds. The second-order valence-electron chi connectivity index (χ2n) is 9.73. The topological polar surface area (TPSA) is 291 Å². The van der Waals surface area contributed by atoms with E-state index in [4.69, 9.17) is 41.9 Å². The van der Waals surface area contributed by atoms with Crippen LogP contribution in [0.2, 0.25) is 0 Å². The van der Waals surface area contributed by atoms with Crippen LogP contribution in [0.15, 0.2) is 12.0 Å². The molecule has 1 aliphatic carbocycles. The Bertz CT molecular complexity index is 808. The van der Waals surface area contributed by atoms with E-state index in [0.717, 1.165) is 0 Å². The van der Waals surface area contributed by atoms with Gasteiger partial charge in [-0.2, -0.15) is 0 Å². The van der Waals surface area contributed by atoms with E-state index in [1.54, 1.807) is 6.08 Å². The van der Waals surface area contributed by atoms with Crippen LogP contribution in [0.3, 0.4) is 0 Å². The molecule has 13 atom stereocenters. The van der Waals surface area contributed by atoms with Gasteiger partial charge in [-0.1, -0.05) is 0 Å². The molecule has 38 heavy (non-hydrogen) atoms. The summed E-state index contributed by atoms with van der Waals surface area (Å²) in [5.74, 6) is -0.876. The fourth-order valence-corrected chi connectivity index (χ4v) is 4.70. The molecule has 16 heteroatoms. The highest BCUT2D eigenvalue weighted by Gasteiger charge is 2.54. The first-order chi connectivity index (χ1) is 18.0. The molecule has 3 aliphatic rings. The number of aliphatic hydroxyl groups excluding tert-OH is 6. The fourth-order valence-electron chi connectivity index (χ4n) is 4.70. The lowest BCUT2D eigenvalue weighted by Gasteiger charge is -2.49. The zero-order valence-corrected chi connectivity index (χ0v) is 20.9. The van der Waals surface area contributed by atoms with Gasteiger partial charge in [-0.05, 0) is 31.9 Å². The summed E-state index contributed by atoms with van der Waals surface area (Å²) in [5.41, 5.74) is 23.1. The van der Waals surface area contributed by atoms with Crippen LogP contribution in [0, 0.1) is 0 Å². The Morgan fingerprint density at radius 3 is 2.42 bits per heavy atom. The lowest BCUT2D eigenvalue weighted by molar-refractivity contribution is -0.310. The van der Waals surface area contributed by atoms with Gasteiger partial charge in [-0.25, -0.2) is 0 Å². The number of rotatable bonds is 10. The third-order valence-electron chi connectivity index (χ3n) is 7.05. The molecule has 0 spiro atoms. The second kappa shape index (κ2) is 13.6. The largest absolute Gasteiger partial charge is 0.461 e. The quantitative estimate of drug-likeness (QED) is 0.120. The van der Waals surface area contributed by atoms with Gasteiger partial charge >= 0.3 is 0 Å². The van der Waals surface area contributed by atoms with Crippen molar-refractivity contribution >= 4 is 5.91 Å². The van der Waals surface area contributed by atoms with Crippen LogP contribution in [0.4, 0.5) is 0 Å². The van der Waals surface area contributed by atoms with Crippen molar-refractivity contribution in [2.45, 2.75) is 98.6 Å². The summed E-state index contributed by atoms with van der Waals surface area (Å²) in [6, 6.07) is -4.00. The third kappa shape index (κ3) is 6.72. The molecule has 16 nitrogen and oxygen atoms in total. The van der Waals surface area contributed by atoms with Gasteiger partial charge in [0.25, 0.3) is 5.95 Å². The van der Waals surface area contributed by atoms with Gasteiger partial charge in [0, 0.05) is 6.54 Å². The van der Waals surface area contributed by atoms with Gasteiger partial charge in [0.2, 0.25) is 5.91 Å². The molecule has 2 heterocycles. The number of amides is 1. The number of nitrogens with two attached hydrogens (primary N) is 4. The minimum atomic E-state index is -1.65. The molecule has 1 saturated heterocycles. The van der Waals surface area contributed by atoms with E-state index >= 15 is 0 Å². The number of ether oxygens (including phenoxy) is 4. The molecule has 220 valence electrons. The van der Waals surface area contributed by atoms with Crippen molar-refractivity contribution in [2.75, 3.05) is 19.7 Å². The molecule has 15 N–H and O–H groups in total. The summed E-state index contributed by atoms with van der Waals surface area (Å²) in [5, 5.41) is 65.1. The van der Waals surface area contributed by atoms with E-state index in [2.05, 4.69) is 5.32 Å². The van der Waals surface area contributed by atoms with Gasteiger partial charge < -0.3 is 77.8 Å². The molecule has 3 rings (SSSR count). The normalized spacial score (nSPS) is 42.5. The predicted molar refractivity (Wildman–Crippen MR) is 128 cm³/mol. The molecule has 2 aliphatic heterocycles. The van der Waals surface area contributed by atoms with Crippen LogP contribution >= 0.6 is 0 Å². The molecule has 2 fully saturated rings. The summed E-state index contributed by atoms with van der Waals surface area (Å²) in [6.45, 7) is -0.431. The Kier molecular flexibility index (Phi) is 11.0. The minimum Gasteiger partial charge on any atom is -0.461 e. The van der Waals surface area contributed by atoms with E-state index in [-0.39, 0.29) is 31.6 Å². The average Bonchev–Trinajstić information content (AvgIpc) is 2.91. The van der Waals surface area contributed by atoms with Gasteiger partial charge in [-0.15, -0.1) is 0 Å². The second-order valence-corrected chi connectivity index (χ2v) is 9.73. The highest BCUT2D eigenvalue weighted by Crippen LogP contribution is 2.31. The molecular weight excluding hydrogens is 510 g/mol. The van der Waals surface area contributed by atoms with Gasteiger partial charge in [-0.3, -0.25) is 4.79 Å². The first kappa shape index (κ1) is 30.9. The summed E-state index contributed by atoms with van der Waals surface area (Å²) in [6.07, 6.45) is -11.1. The lowest BCUT2D eigenvalue weighted by atomic mass is 9.81. The molecule has 0 aromatic rings. The van der Waals surface area contributed by atoms with Crippen molar-refractivity contribution in [3.63, 3.8) is 0 Å². The highest BCUT2D eigenvalue weighted by atomic mass is 16.7. The maximum absolute atomic E-state index is 12.6. The Morgan fingerprint density at radius 1 is 1.08 bits per heavy atom. The van der Waals surface area contributed by atoms with E-state index < -0.39 is 85.8 Å². The minimum absolute atomic E-state index is 0.00354. The Balaban J connectivity index is 1.87. The first-order valence-corrected chi connectivity index (χ1v) is 12.6. The molecule has 5 unspecified atom stereocenters. The predicted octanol–water partition coefficient (Wildman–Crippen LogP) is -6.24. The number of carbonyl (C=O) groups excluding carboxylic acids is 1. The fraction of sp³-hybridized carbons (Fsp3) is 0.864. The average molecular weight is 552 g/mol. The van der Waals surface area contributed by atoms with Crippen LogP contribution in [0.1, 0.15) is 19.3 Å². The lowest BCUT2D eigenvalue weighted by Crippen LogP contribution is -2.73. The van der Waals surface area contributed by atoms with Crippen LogP contribution in [-0.4, -0.2) is 136 Å². The zero-order chi connectivity index (χ0) is 28.1. The number of nitrogens with one attached hydrogen (secondary N) is 1. The van der Waals surface area contributed by atoms with Crippen LogP contribution in [-0.2, 0) is 23.7 Å². The molecule has 0 aromatic carbocycles. The van der Waals surface area contributed by atoms with Crippen LogP contribution in [0.25, 0.3) is 0 Å². The van der Waals surface area contributed by atoms with Crippen molar-refractivity contribution in [3.8, 4) is 0 Å². The summed E-state index contributed by atoms with van der Waals surface area (Å²) >= 11 is 0. The zero-order valence-electron chi connectivity index (χ0n) is 20.9. The number of allylic oxidation sites excluding steroid dienone is 1. The molecular formula is C22H41N5O11. The molecule has 1 saturated carbocycles. The number of hydrogen-bond donors (Lipinski definition) is 11. The molecule has 0 radical (unpaired) electrons. The number of aliphatic hydroxyl groups is 6. The molecule has 0 aromatic heterocycles. The van der Waals surface area contributed by atoms with Crippen molar-refractivity contribution in [2.24, 2.45) is 22.9 Å². The van der Waals surface area contributed by atoms with Crippen LogP contribution in [0.5, 0.6) is 0 Å². The van der Waals surface area contributed by atoms with E-state index in [1.807, 2.05) is 0 Å². The Morgan fingerprint density at radius 2 is 1.79 bits per heavy atom. The third-order valence-corrected chi connectivity index (χ3v) is 7.05. The van der Waals surface area contributed by atoms with Crippen molar-refractivity contribution in [3.05, 3.63) is 12.0 Å². The van der Waals surface area contributed by atoms with E-state index in [1.165, 1.54) is 0 Å². The summed E-state index contributed by atoms with van der Waals surface area (Å²) < 4.78 is 22.7. The Hall–Kier alpha value is -1.67. The van der Waals surface area contributed by atoms with Gasteiger partial charge in [0.05, 0.1) is 30.8 Å². The Labute approximate surface area is 219 Å². The van der Waals surface area contributed by atoms with Gasteiger partial charge in [0.1, 0.15) is 48.8 Å². The standard InChI is InChI=1S/C22H41N5O11/c23-5-4-9(29)21(34)27-14-16(31)13(26)19(37-11-3-1-2-8(6-24)35-11)18(33)20(14)38-22-17(32)12(25)15(30)10(7-28)36-22/h3,8-10,12-20,22,28-33H,1-2,4-7,23-26H2,(H,27,34)/t8-,9-,10?,12-,13-,14+,15+,16?,17?,18?,19?,20-,22+/m0/s1. The molecule has 0 bridgehead atoms. The monoisotopic (exact) mass is 551 g/mol.